The van der Waals surface area contributed by atoms with E-state index in [9.17, 15) is 4.79 Å². The van der Waals surface area contributed by atoms with Crippen molar-refractivity contribution in [2.24, 2.45) is 0 Å². The van der Waals surface area contributed by atoms with Crippen molar-refractivity contribution in [2.75, 3.05) is 14.2 Å². The van der Waals surface area contributed by atoms with Gasteiger partial charge < -0.3 is 14.8 Å². The number of nitrogens with zero attached hydrogens (tertiary/aromatic N) is 3. The Hall–Kier alpha value is -3.84. The fraction of sp³-hybridized carbons (Fsp3) is 0.160. The normalized spacial score (nSPS) is 11.6. The van der Waals surface area contributed by atoms with Crippen LogP contribution < -0.4 is 14.8 Å². The molecule has 0 fully saturated rings. The fourth-order valence-electron chi connectivity index (χ4n) is 4.09. The first kappa shape index (κ1) is 21.0. The van der Waals surface area contributed by atoms with Crippen LogP contribution in [0.1, 0.15) is 27.2 Å². The third-order valence-electron chi connectivity index (χ3n) is 5.70. The molecule has 0 bridgehead atoms. The molecule has 1 aliphatic rings. The molecule has 1 aliphatic carbocycles. The van der Waals surface area contributed by atoms with Gasteiger partial charge in [-0.15, -0.1) is 0 Å². The summed E-state index contributed by atoms with van der Waals surface area (Å²) in [4.78, 5) is 17.2. The number of halogens is 1. The molecule has 5 rings (SSSR count). The van der Waals surface area contributed by atoms with Gasteiger partial charge in [-0.2, -0.15) is 5.10 Å². The van der Waals surface area contributed by atoms with Crippen molar-refractivity contribution in [3.05, 3.63) is 88.3 Å². The Balaban J connectivity index is 1.59. The highest BCUT2D eigenvalue weighted by Gasteiger charge is 2.32. The number of pyridine rings is 1. The van der Waals surface area contributed by atoms with Gasteiger partial charge in [0.15, 0.2) is 17.2 Å². The van der Waals surface area contributed by atoms with Crippen LogP contribution in [-0.4, -0.2) is 34.9 Å². The Kier molecular flexibility index (Phi) is 5.48. The number of carbonyl (C=O) groups excluding carboxylic acids is 1. The summed E-state index contributed by atoms with van der Waals surface area (Å²) in [5, 5.41) is 8.33. The lowest BCUT2D eigenvalue weighted by atomic mass is 10.1. The van der Waals surface area contributed by atoms with Gasteiger partial charge in [-0.1, -0.05) is 11.6 Å². The van der Waals surface area contributed by atoms with Gasteiger partial charge in [0.05, 0.1) is 25.6 Å². The van der Waals surface area contributed by atoms with E-state index in [2.05, 4.69) is 10.3 Å². The molecule has 2 heterocycles. The highest BCUT2D eigenvalue weighted by molar-refractivity contribution is 6.30. The Labute approximate surface area is 195 Å². The minimum atomic E-state index is -0.234. The maximum absolute atomic E-state index is 13.2. The first-order valence-electron chi connectivity index (χ1n) is 10.4. The molecule has 7 nitrogen and oxygen atoms in total. The zero-order valence-corrected chi connectivity index (χ0v) is 18.9. The van der Waals surface area contributed by atoms with E-state index in [4.69, 9.17) is 26.2 Å². The lowest BCUT2D eigenvalue weighted by molar-refractivity contribution is 0.0944. The van der Waals surface area contributed by atoms with Crippen LogP contribution in [0, 0.1) is 0 Å². The summed E-state index contributed by atoms with van der Waals surface area (Å²) in [6.07, 6.45) is 3.97. The highest BCUT2D eigenvalue weighted by Crippen LogP contribution is 2.44. The molecule has 1 amide bonds. The largest absolute Gasteiger partial charge is 0.493 e. The number of benzene rings is 2. The minimum Gasteiger partial charge on any atom is -0.493 e. The first-order chi connectivity index (χ1) is 16.1. The van der Waals surface area contributed by atoms with Crippen LogP contribution in [0.2, 0.25) is 5.02 Å². The third-order valence-corrected chi connectivity index (χ3v) is 5.96. The Morgan fingerprint density at radius 3 is 2.45 bits per heavy atom. The molecule has 0 unspecified atom stereocenters. The smallest absolute Gasteiger partial charge is 0.272 e. The minimum absolute atomic E-state index is 0.234. The third kappa shape index (κ3) is 3.81. The number of rotatable bonds is 6. The molecule has 166 valence electrons. The summed E-state index contributed by atoms with van der Waals surface area (Å²) in [7, 11) is 3.22. The van der Waals surface area contributed by atoms with Crippen LogP contribution in [0.15, 0.2) is 60.9 Å². The van der Waals surface area contributed by atoms with E-state index in [-0.39, 0.29) is 5.91 Å². The second kappa shape index (κ2) is 8.60. The summed E-state index contributed by atoms with van der Waals surface area (Å²) in [5.41, 5.74) is 5.90. The maximum atomic E-state index is 13.2. The van der Waals surface area contributed by atoms with Crippen LogP contribution in [0.25, 0.3) is 16.9 Å². The summed E-state index contributed by atoms with van der Waals surface area (Å²) in [6, 6.07) is 15.0. The summed E-state index contributed by atoms with van der Waals surface area (Å²) < 4.78 is 12.8. The SMILES string of the molecule is COc1cc2c(cc1OC)-c1c(c(C(=O)NCc3ccncc3)nn1-c1ccc(Cl)cc1)C2. The molecule has 2 aromatic heterocycles. The van der Waals surface area contributed by atoms with Gasteiger partial charge in [-0.05, 0) is 59.7 Å². The average molecular weight is 461 g/mol. The fourth-order valence-corrected chi connectivity index (χ4v) is 4.22. The average Bonchev–Trinajstić information content (AvgIpc) is 3.39. The Morgan fingerprint density at radius 2 is 1.76 bits per heavy atom. The predicted molar refractivity (Wildman–Crippen MR) is 125 cm³/mol. The maximum Gasteiger partial charge on any atom is 0.272 e. The van der Waals surface area contributed by atoms with E-state index >= 15 is 0 Å². The number of aromatic nitrogens is 3. The number of amides is 1. The van der Waals surface area contributed by atoms with E-state index < -0.39 is 0 Å². The van der Waals surface area contributed by atoms with Gasteiger partial charge in [-0.25, -0.2) is 4.68 Å². The summed E-state index contributed by atoms with van der Waals surface area (Å²) >= 11 is 6.10. The molecule has 0 saturated carbocycles. The van der Waals surface area contributed by atoms with E-state index in [1.165, 1.54) is 0 Å². The van der Waals surface area contributed by atoms with Gasteiger partial charge in [-0.3, -0.25) is 9.78 Å². The zero-order valence-electron chi connectivity index (χ0n) is 18.1. The van der Waals surface area contributed by atoms with Crippen LogP contribution >= 0.6 is 11.6 Å². The second-order valence-corrected chi connectivity index (χ2v) is 8.08. The quantitative estimate of drug-likeness (QED) is 0.405. The van der Waals surface area contributed by atoms with Crippen LogP contribution in [0.4, 0.5) is 0 Å². The molecule has 0 atom stereocenters. The van der Waals surface area contributed by atoms with Crippen molar-refractivity contribution in [3.8, 4) is 28.4 Å². The van der Waals surface area contributed by atoms with E-state index in [1.807, 2.05) is 36.4 Å². The van der Waals surface area contributed by atoms with Crippen LogP contribution in [0.3, 0.4) is 0 Å². The van der Waals surface area contributed by atoms with Crippen LogP contribution in [-0.2, 0) is 13.0 Å². The number of carbonyl (C=O) groups is 1. The Morgan fingerprint density at radius 1 is 1.06 bits per heavy atom. The molecule has 0 spiro atoms. The van der Waals surface area contributed by atoms with E-state index in [0.29, 0.717) is 35.2 Å². The molecule has 2 aromatic carbocycles. The van der Waals surface area contributed by atoms with E-state index in [1.54, 1.807) is 43.4 Å². The van der Waals surface area contributed by atoms with E-state index in [0.717, 1.165) is 33.6 Å². The molecule has 4 aromatic rings. The second-order valence-electron chi connectivity index (χ2n) is 7.64. The van der Waals surface area contributed by atoms with Gasteiger partial charge in [0, 0.05) is 41.5 Å². The number of methoxy groups -OCH3 is 2. The lowest BCUT2D eigenvalue weighted by Gasteiger charge is -2.12. The molecular weight excluding hydrogens is 440 g/mol. The van der Waals surface area contributed by atoms with Crippen LogP contribution in [0.5, 0.6) is 11.5 Å². The van der Waals surface area contributed by atoms with Crippen molar-refractivity contribution >= 4 is 17.5 Å². The number of hydrogen-bond acceptors (Lipinski definition) is 5. The number of hydrogen-bond donors (Lipinski definition) is 1. The number of ether oxygens (including phenoxy) is 2. The lowest BCUT2D eigenvalue weighted by Crippen LogP contribution is -2.24. The van der Waals surface area contributed by atoms with Crippen molar-refractivity contribution in [3.63, 3.8) is 0 Å². The molecule has 8 heteroatoms. The van der Waals surface area contributed by atoms with Gasteiger partial charge in [0.1, 0.15) is 0 Å². The molecule has 33 heavy (non-hydrogen) atoms. The highest BCUT2D eigenvalue weighted by atomic mass is 35.5. The van der Waals surface area contributed by atoms with Crippen molar-refractivity contribution in [1.29, 1.82) is 0 Å². The number of nitrogens with one attached hydrogen (secondary N) is 1. The topological polar surface area (TPSA) is 78.3 Å². The predicted octanol–water partition coefficient (Wildman–Crippen LogP) is 4.44. The van der Waals surface area contributed by atoms with Crippen molar-refractivity contribution < 1.29 is 14.3 Å². The van der Waals surface area contributed by atoms with Gasteiger partial charge in [0.25, 0.3) is 5.91 Å². The Bertz CT molecular complexity index is 1330. The van der Waals surface area contributed by atoms with Crippen molar-refractivity contribution in [2.45, 2.75) is 13.0 Å². The summed E-state index contributed by atoms with van der Waals surface area (Å²) in [6.45, 7) is 0.387. The zero-order chi connectivity index (χ0) is 22.9. The monoisotopic (exact) mass is 460 g/mol. The first-order valence-corrected chi connectivity index (χ1v) is 10.8. The standard InChI is InChI=1S/C25H21ClN4O3/c1-32-21-12-16-11-20-23(25(31)28-14-15-7-9-27-10-8-15)29-30(18-5-3-17(26)4-6-18)24(20)19(16)13-22(21)33-2/h3-10,12-13H,11,14H2,1-2H3,(H,28,31). The molecule has 1 N–H and O–H groups in total. The van der Waals surface area contributed by atoms with Crippen molar-refractivity contribution in [1.82, 2.24) is 20.1 Å². The molecule has 0 radical (unpaired) electrons. The van der Waals surface area contributed by atoms with Gasteiger partial charge >= 0.3 is 0 Å². The molecule has 0 saturated heterocycles. The summed E-state index contributed by atoms with van der Waals surface area (Å²) in [5.74, 6) is 1.04. The molecule has 0 aliphatic heterocycles. The number of fused-ring (bicyclic) bond motifs is 3. The van der Waals surface area contributed by atoms with Gasteiger partial charge in [0.2, 0.25) is 0 Å². The molecular formula is C25H21ClN4O3.